The molecule has 1 fully saturated rings. The van der Waals surface area contributed by atoms with Gasteiger partial charge in [-0.2, -0.15) is 4.31 Å². The Morgan fingerprint density at radius 2 is 2.20 bits per heavy atom. The maximum atomic E-state index is 12.5. The topological polar surface area (TPSA) is 92.5 Å². The van der Waals surface area contributed by atoms with Gasteiger partial charge in [0.25, 0.3) is 5.69 Å². The van der Waals surface area contributed by atoms with Gasteiger partial charge in [-0.3, -0.25) is 10.1 Å². The molecular formula is C11H14ClN3O4S. The van der Waals surface area contributed by atoms with E-state index in [1.807, 2.05) is 6.92 Å². The molecule has 0 spiro atoms. The maximum absolute atomic E-state index is 12.5. The van der Waals surface area contributed by atoms with E-state index >= 15 is 0 Å². The first-order chi connectivity index (χ1) is 9.32. The monoisotopic (exact) mass is 319 g/mol. The summed E-state index contributed by atoms with van der Waals surface area (Å²) in [4.78, 5) is 9.90. The minimum absolute atomic E-state index is 0.0122. The van der Waals surface area contributed by atoms with Gasteiger partial charge in [0, 0.05) is 37.8 Å². The standard InChI is InChI=1S/C11H14ClN3O4S/c1-8-7-14(5-4-13-8)20(18,19)11-6-9(15(16)17)2-3-10(11)12/h2-3,6,8,13H,4-5,7H2,1H3/t8-/m1/s1. The predicted octanol–water partition coefficient (Wildman–Crippen LogP) is 1.23. The Kier molecular flexibility index (Phi) is 4.28. The average molecular weight is 320 g/mol. The summed E-state index contributed by atoms with van der Waals surface area (Å²) < 4.78 is 26.3. The van der Waals surface area contributed by atoms with Crippen LogP contribution in [0.2, 0.25) is 5.02 Å². The average Bonchev–Trinajstić information content (AvgIpc) is 2.38. The fourth-order valence-electron chi connectivity index (χ4n) is 2.06. The Morgan fingerprint density at radius 1 is 1.50 bits per heavy atom. The van der Waals surface area contributed by atoms with Crippen LogP contribution in [-0.2, 0) is 10.0 Å². The SMILES string of the molecule is C[C@@H]1CN(S(=O)(=O)c2cc([N+](=O)[O-])ccc2Cl)CCN1. The summed E-state index contributed by atoms with van der Waals surface area (Å²) in [6.45, 7) is 3.02. The minimum Gasteiger partial charge on any atom is -0.312 e. The van der Waals surface area contributed by atoms with Gasteiger partial charge in [-0.05, 0) is 13.0 Å². The molecule has 9 heteroatoms. The summed E-state index contributed by atoms with van der Waals surface area (Å²) in [6.07, 6.45) is 0. The van der Waals surface area contributed by atoms with Crippen molar-refractivity contribution >= 4 is 27.3 Å². The van der Waals surface area contributed by atoms with Crippen molar-refractivity contribution < 1.29 is 13.3 Å². The number of nitrogens with one attached hydrogen (secondary N) is 1. The number of nitro groups is 1. The quantitative estimate of drug-likeness (QED) is 0.668. The van der Waals surface area contributed by atoms with Crippen molar-refractivity contribution in [3.8, 4) is 0 Å². The smallest absolute Gasteiger partial charge is 0.270 e. The molecule has 0 bridgehead atoms. The molecule has 1 N–H and O–H groups in total. The zero-order chi connectivity index (χ0) is 14.9. The molecule has 1 aliphatic rings. The molecule has 1 aromatic carbocycles. The molecule has 7 nitrogen and oxygen atoms in total. The highest BCUT2D eigenvalue weighted by atomic mass is 35.5. The van der Waals surface area contributed by atoms with Crippen LogP contribution in [0.4, 0.5) is 5.69 Å². The molecule has 20 heavy (non-hydrogen) atoms. The number of nitro benzene ring substituents is 1. The third kappa shape index (κ3) is 2.93. The van der Waals surface area contributed by atoms with Crippen LogP contribution in [0.5, 0.6) is 0 Å². The molecule has 2 rings (SSSR count). The lowest BCUT2D eigenvalue weighted by atomic mass is 10.3. The lowest BCUT2D eigenvalue weighted by Gasteiger charge is -2.31. The van der Waals surface area contributed by atoms with Crippen LogP contribution >= 0.6 is 11.6 Å². The van der Waals surface area contributed by atoms with Crippen molar-refractivity contribution in [2.24, 2.45) is 0 Å². The summed E-state index contributed by atoms with van der Waals surface area (Å²) in [7, 11) is -3.82. The molecule has 1 aromatic rings. The molecule has 1 saturated heterocycles. The molecule has 0 amide bonds. The van der Waals surface area contributed by atoms with Crippen LogP contribution in [0.25, 0.3) is 0 Å². The van der Waals surface area contributed by atoms with Crippen LogP contribution in [0.15, 0.2) is 23.1 Å². The second-order valence-electron chi connectivity index (χ2n) is 4.59. The maximum Gasteiger partial charge on any atom is 0.270 e. The normalized spacial score (nSPS) is 20.8. The van der Waals surface area contributed by atoms with Crippen LogP contribution < -0.4 is 5.32 Å². The summed E-state index contributed by atoms with van der Waals surface area (Å²) in [5.74, 6) is 0. The van der Waals surface area contributed by atoms with Crippen molar-refractivity contribution in [3.05, 3.63) is 33.3 Å². The minimum atomic E-state index is -3.82. The number of nitrogens with zero attached hydrogens (tertiary/aromatic N) is 2. The highest BCUT2D eigenvalue weighted by Crippen LogP contribution is 2.29. The van der Waals surface area contributed by atoms with E-state index in [2.05, 4.69) is 5.32 Å². The largest absolute Gasteiger partial charge is 0.312 e. The molecule has 1 atom stereocenters. The third-order valence-corrected chi connectivity index (χ3v) is 5.42. The molecule has 0 aromatic heterocycles. The highest BCUT2D eigenvalue weighted by Gasteiger charge is 2.31. The van der Waals surface area contributed by atoms with Crippen molar-refractivity contribution in [2.45, 2.75) is 17.9 Å². The highest BCUT2D eigenvalue weighted by molar-refractivity contribution is 7.89. The van der Waals surface area contributed by atoms with Gasteiger partial charge in [-0.15, -0.1) is 0 Å². The number of hydrogen-bond donors (Lipinski definition) is 1. The van der Waals surface area contributed by atoms with E-state index in [4.69, 9.17) is 11.6 Å². The Bertz CT molecular complexity index is 635. The van der Waals surface area contributed by atoms with Crippen LogP contribution in [0.1, 0.15) is 6.92 Å². The van der Waals surface area contributed by atoms with E-state index in [1.165, 1.54) is 16.4 Å². The predicted molar refractivity (Wildman–Crippen MR) is 74.3 cm³/mol. The summed E-state index contributed by atoms with van der Waals surface area (Å²) in [5.41, 5.74) is -0.295. The second kappa shape index (κ2) is 5.65. The van der Waals surface area contributed by atoms with E-state index in [-0.39, 0.29) is 21.6 Å². The lowest BCUT2D eigenvalue weighted by Crippen LogP contribution is -2.51. The van der Waals surface area contributed by atoms with E-state index in [1.54, 1.807) is 0 Å². The van der Waals surface area contributed by atoms with Crippen molar-refractivity contribution in [2.75, 3.05) is 19.6 Å². The molecule has 0 radical (unpaired) electrons. The summed E-state index contributed by atoms with van der Waals surface area (Å²) >= 11 is 5.90. The molecule has 0 aliphatic carbocycles. The molecule has 1 heterocycles. The number of sulfonamides is 1. The number of halogens is 1. The number of piperazine rings is 1. The zero-order valence-electron chi connectivity index (χ0n) is 10.7. The number of rotatable bonds is 3. The first-order valence-electron chi connectivity index (χ1n) is 6.00. The van der Waals surface area contributed by atoms with E-state index in [0.717, 1.165) is 6.07 Å². The van der Waals surface area contributed by atoms with Gasteiger partial charge in [-0.1, -0.05) is 11.6 Å². The molecule has 0 unspecified atom stereocenters. The van der Waals surface area contributed by atoms with Crippen LogP contribution in [-0.4, -0.2) is 43.3 Å². The van der Waals surface area contributed by atoms with Gasteiger partial charge in [-0.25, -0.2) is 8.42 Å². The Balaban J connectivity index is 2.43. The van der Waals surface area contributed by atoms with Crippen LogP contribution in [0, 0.1) is 10.1 Å². The first kappa shape index (κ1) is 15.2. The fourth-order valence-corrected chi connectivity index (χ4v) is 4.08. The van der Waals surface area contributed by atoms with Gasteiger partial charge in [0.05, 0.1) is 9.95 Å². The van der Waals surface area contributed by atoms with E-state index in [9.17, 15) is 18.5 Å². The third-order valence-electron chi connectivity index (χ3n) is 3.07. The lowest BCUT2D eigenvalue weighted by molar-refractivity contribution is -0.385. The van der Waals surface area contributed by atoms with Crippen molar-refractivity contribution in [1.82, 2.24) is 9.62 Å². The second-order valence-corrected chi connectivity index (χ2v) is 6.90. The molecular weight excluding hydrogens is 306 g/mol. The number of hydrogen-bond acceptors (Lipinski definition) is 5. The first-order valence-corrected chi connectivity index (χ1v) is 7.81. The summed E-state index contributed by atoms with van der Waals surface area (Å²) in [5, 5.41) is 13.9. The van der Waals surface area contributed by atoms with Gasteiger partial charge >= 0.3 is 0 Å². The molecule has 0 saturated carbocycles. The Labute approximate surface area is 121 Å². The number of non-ortho nitro benzene ring substituents is 1. The van der Waals surface area contributed by atoms with E-state index < -0.39 is 14.9 Å². The summed E-state index contributed by atoms with van der Waals surface area (Å²) in [6, 6.07) is 3.45. The zero-order valence-corrected chi connectivity index (χ0v) is 12.3. The van der Waals surface area contributed by atoms with Gasteiger partial charge < -0.3 is 5.32 Å². The van der Waals surface area contributed by atoms with Crippen molar-refractivity contribution in [1.29, 1.82) is 0 Å². The fraction of sp³-hybridized carbons (Fsp3) is 0.455. The number of benzene rings is 1. The van der Waals surface area contributed by atoms with E-state index in [0.29, 0.717) is 19.6 Å². The Morgan fingerprint density at radius 3 is 2.80 bits per heavy atom. The Hall–Kier alpha value is -1.22. The van der Waals surface area contributed by atoms with Crippen molar-refractivity contribution in [3.63, 3.8) is 0 Å². The molecule has 110 valence electrons. The van der Waals surface area contributed by atoms with Gasteiger partial charge in [0.15, 0.2) is 0 Å². The van der Waals surface area contributed by atoms with Gasteiger partial charge in [0.2, 0.25) is 10.0 Å². The molecule has 1 aliphatic heterocycles. The van der Waals surface area contributed by atoms with Gasteiger partial charge in [0.1, 0.15) is 4.90 Å². The van der Waals surface area contributed by atoms with Crippen LogP contribution in [0.3, 0.4) is 0 Å².